The second-order valence-electron chi connectivity index (χ2n) is 10.8. The standard InChI is InChI=1S/C25H39N5O5S/c1-17(2)18-3-5-20(6-4-18)29-12-9-25(10-13-29)22-8-7-21(35-24(26)32)15-19(22)16-30(23(25)31)14-11-28-36(27,33)34/h7-8,15,17-18,20,28H,3-6,9-14,16H2,1-2H3,(H2,26,32)(H2,27,33,34). The first kappa shape index (κ1) is 26.8. The molecule has 0 radical (unpaired) electrons. The van der Waals surface area contributed by atoms with Gasteiger partial charge in [0.1, 0.15) is 5.75 Å². The van der Waals surface area contributed by atoms with Crippen molar-refractivity contribution < 1.29 is 22.7 Å². The normalized spacial score (nSPS) is 24.7. The average Bonchev–Trinajstić information content (AvgIpc) is 2.81. The first-order valence-electron chi connectivity index (χ1n) is 12.9. The summed E-state index contributed by atoms with van der Waals surface area (Å²) in [7, 11) is -3.85. The number of fused-ring (bicyclic) bond motifs is 2. The number of rotatable bonds is 7. The predicted octanol–water partition coefficient (Wildman–Crippen LogP) is 1.83. The van der Waals surface area contributed by atoms with Crippen LogP contribution in [0.15, 0.2) is 18.2 Å². The second kappa shape index (κ2) is 10.6. The van der Waals surface area contributed by atoms with Gasteiger partial charge in [0.15, 0.2) is 0 Å². The van der Waals surface area contributed by atoms with Gasteiger partial charge < -0.3 is 20.3 Å². The van der Waals surface area contributed by atoms with E-state index in [1.807, 2.05) is 6.07 Å². The van der Waals surface area contributed by atoms with Crippen LogP contribution in [0.25, 0.3) is 0 Å². The van der Waals surface area contributed by atoms with Gasteiger partial charge in [0, 0.05) is 25.7 Å². The van der Waals surface area contributed by atoms with E-state index >= 15 is 0 Å². The Bertz CT molecular complexity index is 1080. The third kappa shape index (κ3) is 5.85. The average molecular weight is 522 g/mol. The Morgan fingerprint density at radius 1 is 1.19 bits per heavy atom. The van der Waals surface area contributed by atoms with Crippen LogP contribution in [0, 0.1) is 11.8 Å². The maximum atomic E-state index is 13.9. The van der Waals surface area contributed by atoms with Crippen LogP contribution in [0.2, 0.25) is 0 Å². The molecule has 3 aliphatic rings. The highest BCUT2D eigenvalue weighted by molar-refractivity contribution is 7.87. The Labute approximate surface area is 213 Å². The lowest BCUT2D eigenvalue weighted by atomic mass is 9.67. The van der Waals surface area contributed by atoms with Crippen LogP contribution in [0.1, 0.15) is 63.5 Å². The Morgan fingerprint density at radius 3 is 2.44 bits per heavy atom. The van der Waals surface area contributed by atoms with E-state index in [0.717, 1.165) is 36.1 Å². The van der Waals surface area contributed by atoms with Crippen molar-refractivity contribution in [3.05, 3.63) is 29.3 Å². The number of carbonyl (C=O) groups is 2. The van der Waals surface area contributed by atoms with Gasteiger partial charge in [0.05, 0.1) is 5.41 Å². The monoisotopic (exact) mass is 521 g/mol. The number of hydrogen-bond acceptors (Lipinski definition) is 6. The van der Waals surface area contributed by atoms with E-state index in [4.69, 9.17) is 15.6 Å². The SMILES string of the molecule is CC(C)C1CCC(N2CCC3(CC2)C(=O)N(CCNS(N)(=O)=O)Cc2cc(OC(N)=O)ccc23)CC1. The molecule has 200 valence electrons. The number of nitrogens with zero attached hydrogens (tertiary/aromatic N) is 2. The van der Waals surface area contributed by atoms with Gasteiger partial charge in [-0.2, -0.15) is 8.42 Å². The van der Waals surface area contributed by atoms with Gasteiger partial charge in [0.25, 0.3) is 10.2 Å². The molecule has 0 atom stereocenters. The molecule has 0 bridgehead atoms. The predicted molar refractivity (Wildman–Crippen MR) is 136 cm³/mol. The molecule has 2 fully saturated rings. The van der Waals surface area contributed by atoms with Gasteiger partial charge in [0.2, 0.25) is 5.91 Å². The van der Waals surface area contributed by atoms with Crippen molar-refractivity contribution in [3.63, 3.8) is 0 Å². The third-order valence-corrected chi connectivity index (χ3v) is 9.01. The number of nitrogens with two attached hydrogens (primary N) is 2. The molecule has 1 saturated heterocycles. The van der Waals surface area contributed by atoms with Gasteiger partial charge in [-0.1, -0.05) is 19.9 Å². The number of carbonyl (C=O) groups excluding carboxylic acids is 2. The lowest BCUT2D eigenvalue weighted by Crippen LogP contribution is -2.58. The number of benzene rings is 1. The molecule has 1 saturated carbocycles. The van der Waals surface area contributed by atoms with Crippen LogP contribution in [0.3, 0.4) is 0 Å². The number of likely N-dealkylation sites (tertiary alicyclic amines) is 1. The zero-order valence-electron chi connectivity index (χ0n) is 21.2. The van der Waals surface area contributed by atoms with Crippen molar-refractivity contribution in [2.24, 2.45) is 22.7 Å². The van der Waals surface area contributed by atoms with Crippen LogP contribution in [0.5, 0.6) is 5.75 Å². The smallest absolute Gasteiger partial charge is 0.409 e. The van der Waals surface area contributed by atoms with Gasteiger partial charge in [-0.05, 0) is 86.7 Å². The first-order valence-corrected chi connectivity index (χ1v) is 14.4. The van der Waals surface area contributed by atoms with Crippen LogP contribution in [-0.2, 0) is 27.0 Å². The van der Waals surface area contributed by atoms with Crippen molar-refractivity contribution >= 4 is 22.2 Å². The van der Waals surface area contributed by atoms with Crippen molar-refractivity contribution in [2.75, 3.05) is 26.2 Å². The molecule has 36 heavy (non-hydrogen) atoms. The number of amides is 2. The topological polar surface area (TPSA) is 148 Å². The second-order valence-corrected chi connectivity index (χ2v) is 12.2. The summed E-state index contributed by atoms with van der Waals surface area (Å²) in [5.41, 5.74) is 6.35. The van der Waals surface area contributed by atoms with Crippen molar-refractivity contribution in [2.45, 2.75) is 70.4 Å². The van der Waals surface area contributed by atoms with Gasteiger partial charge in [-0.3, -0.25) is 4.79 Å². The van der Waals surface area contributed by atoms with E-state index in [1.54, 1.807) is 17.0 Å². The highest BCUT2D eigenvalue weighted by Gasteiger charge is 2.49. The molecule has 1 aliphatic carbocycles. The molecule has 5 N–H and O–H groups in total. The molecule has 0 aromatic heterocycles. The number of ether oxygens (including phenoxy) is 1. The zero-order valence-corrected chi connectivity index (χ0v) is 22.1. The summed E-state index contributed by atoms with van der Waals surface area (Å²) in [5, 5.41) is 5.07. The molecule has 1 spiro atoms. The summed E-state index contributed by atoms with van der Waals surface area (Å²) in [6.45, 7) is 6.81. The molecule has 10 nitrogen and oxygen atoms in total. The molecular weight excluding hydrogens is 482 g/mol. The first-order chi connectivity index (χ1) is 17.0. The molecule has 2 heterocycles. The lowest BCUT2D eigenvalue weighted by molar-refractivity contribution is -0.142. The Balaban J connectivity index is 1.53. The Kier molecular flexibility index (Phi) is 7.94. The lowest BCUT2D eigenvalue weighted by Gasteiger charge is -2.49. The van der Waals surface area contributed by atoms with Crippen LogP contribution >= 0.6 is 0 Å². The molecular formula is C25H39N5O5S. The van der Waals surface area contributed by atoms with Crippen molar-refractivity contribution in [3.8, 4) is 5.75 Å². The fourth-order valence-corrected chi connectivity index (χ4v) is 6.81. The highest BCUT2D eigenvalue weighted by Crippen LogP contribution is 2.45. The Hall–Kier alpha value is -2.21. The molecule has 11 heteroatoms. The van der Waals surface area contributed by atoms with E-state index in [-0.39, 0.29) is 19.0 Å². The summed E-state index contributed by atoms with van der Waals surface area (Å²) >= 11 is 0. The van der Waals surface area contributed by atoms with E-state index in [9.17, 15) is 18.0 Å². The Morgan fingerprint density at radius 2 is 1.86 bits per heavy atom. The molecule has 1 aromatic carbocycles. The van der Waals surface area contributed by atoms with E-state index < -0.39 is 21.7 Å². The highest BCUT2D eigenvalue weighted by atomic mass is 32.2. The van der Waals surface area contributed by atoms with E-state index in [1.165, 1.54) is 25.7 Å². The molecule has 1 aromatic rings. The minimum atomic E-state index is -3.85. The van der Waals surface area contributed by atoms with Crippen LogP contribution in [-0.4, -0.2) is 62.4 Å². The molecule has 4 rings (SSSR count). The summed E-state index contributed by atoms with van der Waals surface area (Å²) in [4.78, 5) is 29.4. The fourth-order valence-electron chi connectivity index (χ4n) is 6.43. The van der Waals surface area contributed by atoms with Gasteiger partial charge in [-0.25, -0.2) is 14.7 Å². The minimum absolute atomic E-state index is 0.0120. The summed E-state index contributed by atoms with van der Waals surface area (Å²) in [6.07, 6.45) is 5.43. The number of nitrogens with one attached hydrogen (secondary N) is 1. The maximum Gasteiger partial charge on any atom is 0.409 e. The van der Waals surface area contributed by atoms with Gasteiger partial charge in [-0.15, -0.1) is 0 Å². The number of primary amides is 1. The van der Waals surface area contributed by atoms with Gasteiger partial charge >= 0.3 is 6.09 Å². The molecule has 0 unspecified atom stereocenters. The van der Waals surface area contributed by atoms with Crippen LogP contribution < -0.4 is 20.3 Å². The summed E-state index contributed by atoms with van der Waals surface area (Å²) < 4.78 is 30.0. The molecule has 2 amide bonds. The zero-order chi connectivity index (χ0) is 26.1. The number of piperidine rings is 1. The summed E-state index contributed by atoms with van der Waals surface area (Å²) in [6, 6.07) is 5.90. The van der Waals surface area contributed by atoms with E-state index in [0.29, 0.717) is 31.2 Å². The summed E-state index contributed by atoms with van der Waals surface area (Å²) in [5.74, 6) is 1.87. The van der Waals surface area contributed by atoms with Crippen molar-refractivity contribution in [1.82, 2.24) is 14.5 Å². The van der Waals surface area contributed by atoms with E-state index in [2.05, 4.69) is 23.5 Å². The molecule has 2 aliphatic heterocycles. The maximum absolute atomic E-state index is 13.9. The third-order valence-electron chi connectivity index (χ3n) is 8.41. The fraction of sp³-hybridized carbons (Fsp3) is 0.680. The van der Waals surface area contributed by atoms with Crippen molar-refractivity contribution in [1.29, 1.82) is 0 Å². The quantitative estimate of drug-likeness (QED) is 0.499. The number of hydrogen-bond donors (Lipinski definition) is 3. The largest absolute Gasteiger partial charge is 0.410 e. The van der Waals surface area contributed by atoms with Crippen LogP contribution in [0.4, 0.5) is 4.79 Å². The minimum Gasteiger partial charge on any atom is -0.410 e.